The van der Waals surface area contributed by atoms with Gasteiger partial charge in [0.05, 0.1) is 0 Å². The molecule has 0 saturated carbocycles. The minimum Gasteiger partial charge on any atom is -0.465 e. The topological polar surface area (TPSA) is 60.8 Å². The Hall–Kier alpha value is -0.340. The molecule has 0 rings (SSSR count). The van der Waals surface area contributed by atoms with E-state index >= 15 is 0 Å². The summed E-state index contributed by atoms with van der Waals surface area (Å²) in [7, 11) is 1.83. The summed E-state index contributed by atoms with van der Waals surface area (Å²) in [6.07, 6.45) is -1.16. The van der Waals surface area contributed by atoms with Gasteiger partial charge in [0.2, 0.25) is 0 Å². The van der Waals surface area contributed by atoms with E-state index in [2.05, 4.69) is 0 Å². The molecule has 0 aliphatic heterocycles. The largest absolute Gasteiger partial charge is 0.465 e. The van der Waals surface area contributed by atoms with Crippen molar-refractivity contribution in [3.63, 3.8) is 0 Å². The number of hydrogen-bond donors (Lipinski definition) is 2. The summed E-state index contributed by atoms with van der Waals surface area (Å²) < 4.78 is 0.681. The molecule has 2 N–H and O–H groups in total. The fourth-order valence-corrected chi connectivity index (χ4v) is 0.0605. The van der Waals surface area contributed by atoms with E-state index in [4.69, 9.17) is 10.2 Å². The van der Waals surface area contributed by atoms with Crippen LogP contribution in [0.4, 0.5) is 4.79 Å². The first-order chi connectivity index (χ1) is 3.18. The van der Waals surface area contributed by atoms with E-state index in [9.17, 15) is 4.79 Å². The first kappa shape index (κ1) is 6.66. The van der Waals surface area contributed by atoms with Crippen LogP contribution in [0.5, 0.6) is 0 Å². The minimum atomic E-state index is -1.16. The maximum atomic E-state index is 9.68. The Bertz CT molecular complexity index is 75.3. The molecule has 0 aromatic rings. The molecular formula is C2H6NO3P. The minimum absolute atomic E-state index is 0.486. The van der Waals surface area contributed by atoms with Crippen molar-refractivity contribution >= 4 is 15.5 Å². The van der Waals surface area contributed by atoms with Crippen molar-refractivity contribution in [3.05, 3.63) is 0 Å². The molecule has 1 atom stereocenters. The maximum Gasteiger partial charge on any atom is 0.412 e. The zero-order valence-electron chi connectivity index (χ0n) is 3.53. The number of rotatable bonds is 1. The smallest absolute Gasteiger partial charge is 0.412 e. The number of carboxylic acid groups (broad SMARTS) is 1. The second-order valence-corrected chi connectivity index (χ2v) is 1.52. The molecule has 0 aromatic carbocycles. The molecule has 0 aliphatic carbocycles. The molecule has 5 heteroatoms. The molecule has 0 fully saturated rings. The highest BCUT2D eigenvalue weighted by molar-refractivity contribution is 7.14. The Morgan fingerprint density at radius 3 is 2.29 bits per heavy atom. The van der Waals surface area contributed by atoms with Crippen LogP contribution in [-0.2, 0) is 0 Å². The van der Waals surface area contributed by atoms with E-state index in [0.717, 1.165) is 0 Å². The van der Waals surface area contributed by atoms with Crippen molar-refractivity contribution in [2.24, 2.45) is 0 Å². The normalized spacial score (nSPS) is 8.29. The number of nitrogens with zero attached hydrogens (tertiary/aromatic N) is 1. The molecule has 1 amide bonds. The zero-order valence-corrected chi connectivity index (χ0v) is 4.69. The highest BCUT2D eigenvalue weighted by atomic mass is 31.0. The van der Waals surface area contributed by atoms with E-state index < -0.39 is 12.8 Å². The van der Waals surface area contributed by atoms with Crippen LogP contribution in [0, 0.1) is 0 Å². The third-order valence-corrected chi connectivity index (χ3v) is 0.782. The summed E-state index contributed by atoms with van der Waals surface area (Å²) in [6.45, 7) is -0.486. The highest BCUT2D eigenvalue weighted by Crippen LogP contribution is 1.93. The lowest BCUT2D eigenvalue weighted by Crippen LogP contribution is -2.18. The maximum absolute atomic E-state index is 9.68. The predicted molar refractivity (Wildman–Crippen MR) is 26.7 cm³/mol. The van der Waals surface area contributed by atoms with E-state index in [1.165, 1.54) is 0 Å². The van der Waals surface area contributed by atoms with Gasteiger partial charge in [-0.1, -0.05) is 0 Å². The van der Waals surface area contributed by atoms with E-state index in [-0.39, 0.29) is 0 Å². The van der Waals surface area contributed by atoms with Gasteiger partial charge >= 0.3 is 6.09 Å². The lowest BCUT2D eigenvalue weighted by Gasteiger charge is -2.05. The molecule has 7 heavy (non-hydrogen) atoms. The Labute approximate surface area is 43.0 Å². The SMILES string of the molecule is O=C(O)N(P)CO. The van der Waals surface area contributed by atoms with Crippen molar-refractivity contribution in [1.29, 1.82) is 0 Å². The quantitative estimate of drug-likeness (QED) is 0.372. The Morgan fingerprint density at radius 2 is 2.29 bits per heavy atom. The first-order valence-electron chi connectivity index (χ1n) is 1.54. The van der Waals surface area contributed by atoms with Crippen LogP contribution in [0.15, 0.2) is 0 Å². The van der Waals surface area contributed by atoms with Gasteiger partial charge in [-0.2, -0.15) is 0 Å². The van der Waals surface area contributed by atoms with Gasteiger partial charge in [-0.15, -0.1) is 0 Å². The Morgan fingerprint density at radius 1 is 1.86 bits per heavy atom. The van der Waals surface area contributed by atoms with Gasteiger partial charge in [-0.05, 0) is 9.39 Å². The van der Waals surface area contributed by atoms with Crippen molar-refractivity contribution in [2.45, 2.75) is 0 Å². The lowest BCUT2D eigenvalue weighted by molar-refractivity contribution is 0.138. The lowest BCUT2D eigenvalue weighted by atomic mass is 11.1. The molecule has 4 nitrogen and oxygen atoms in total. The molecule has 0 aromatic heterocycles. The molecule has 0 heterocycles. The average molecular weight is 123 g/mol. The molecule has 0 spiro atoms. The molecule has 1 unspecified atom stereocenters. The number of amides is 1. The standard InChI is InChI=1S/C2H6NO3P/c4-1-3(7)2(5)6/h4H,1,7H2,(H,5,6). The Kier molecular flexibility index (Phi) is 2.64. The van der Waals surface area contributed by atoms with Crippen LogP contribution in [0.2, 0.25) is 0 Å². The summed E-state index contributed by atoms with van der Waals surface area (Å²) >= 11 is 0. The molecule has 0 radical (unpaired) electrons. The van der Waals surface area contributed by atoms with Gasteiger partial charge < -0.3 is 10.2 Å². The third-order valence-electron chi connectivity index (χ3n) is 0.398. The van der Waals surface area contributed by atoms with E-state index in [1.807, 2.05) is 9.39 Å². The van der Waals surface area contributed by atoms with E-state index in [1.54, 1.807) is 0 Å². The number of carbonyl (C=O) groups is 1. The predicted octanol–water partition coefficient (Wildman–Crippen LogP) is -0.294. The van der Waals surface area contributed by atoms with Crippen molar-refractivity contribution in [1.82, 2.24) is 4.67 Å². The summed E-state index contributed by atoms with van der Waals surface area (Å²) in [5.74, 6) is 0. The van der Waals surface area contributed by atoms with Gasteiger partial charge in [-0.3, -0.25) is 4.67 Å². The molecule has 0 bridgehead atoms. The third kappa shape index (κ3) is 2.37. The van der Waals surface area contributed by atoms with E-state index in [0.29, 0.717) is 4.67 Å². The second kappa shape index (κ2) is 2.77. The molecular weight excluding hydrogens is 117 g/mol. The fourth-order valence-electron chi connectivity index (χ4n) is 0.0605. The Balaban J connectivity index is 3.34. The monoisotopic (exact) mass is 123 g/mol. The van der Waals surface area contributed by atoms with Crippen molar-refractivity contribution in [2.75, 3.05) is 6.73 Å². The van der Waals surface area contributed by atoms with Crippen LogP contribution in [0.25, 0.3) is 0 Å². The van der Waals surface area contributed by atoms with Crippen LogP contribution >= 0.6 is 9.39 Å². The van der Waals surface area contributed by atoms with Gasteiger partial charge in [0.25, 0.3) is 0 Å². The molecule has 0 saturated heterocycles. The van der Waals surface area contributed by atoms with Crippen LogP contribution in [0.1, 0.15) is 0 Å². The summed E-state index contributed by atoms with van der Waals surface area (Å²) in [5, 5.41) is 16.0. The summed E-state index contributed by atoms with van der Waals surface area (Å²) in [4.78, 5) is 9.68. The number of hydrogen-bond acceptors (Lipinski definition) is 2. The van der Waals surface area contributed by atoms with Gasteiger partial charge in [0, 0.05) is 0 Å². The summed E-state index contributed by atoms with van der Waals surface area (Å²) in [5.41, 5.74) is 0. The van der Waals surface area contributed by atoms with Crippen molar-refractivity contribution < 1.29 is 15.0 Å². The molecule has 42 valence electrons. The van der Waals surface area contributed by atoms with Crippen molar-refractivity contribution in [3.8, 4) is 0 Å². The molecule has 0 aliphatic rings. The summed E-state index contributed by atoms with van der Waals surface area (Å²) in [6, 6.07) is 0. The number of aliphatic hydroxyl groups excluding tert-OH is 1. The zero-order chi connectivity index (χ0) is 5.86. The fraction of sp³-hybridized carbons (Fsp3) is 0.500. The average Bonchev–Trinajstić information content (AvgIpc) is 1.65. The van der Waals surface area contributed by atoms with Crippen LogP contribution in [0.3, 0.4) is 0 Å². The van der Waals surface area contributed by atoms with Crippen LogP contribution < -0.4 is 0 Å². The first-order valence-corrected chi connectivity index (χ1v) is 2.06. The van der Waals surface area contributed by atoms with Gasteiger partial charge in [0.1, 0.15) is 6.73 Å². The van der Waals surface area contributed by atoms with Gasteiger partial charge in [0.15, 0.2) is 0 Å². The highest BCUT2D eigenvalue weighted by Gasteiger charge is 1.99. The van der Waals surface area contributed by atoms with Crippen LogP contribution in [-0.4, -0.2) is 27.7 Å². The van der Waals surface area contributed by atoms with Gasteiger partial charge in [-0.25, -0.2) is 4.79 Å². The number of aliphatic hydroxyl groups is 1. The second-order valence-electron chi connectivity index (χ2n) is 0.894.